The molecule has 2 aromatic rings. The third-order valence-corrected chi connectivity index (χ3v) is 3.56. The molecule has 21 heavy (non-hydrogen) atoms. The number of aromatic nitrogens is 1. The van der Waals surface area contributed by atoms with Crippen LogP contribution in [0.1, 0.15) is 20.8 Å². The molecule has 0 saturated heterocycles. The Kier molecular flexibility index (Phi) is 4.52. The van der Waals surface area contributed by atoms with Crippen molar-refractivity contribution in [3.8, 4) is 0 Å². The number of hydrogen-bond donors (Lipinski definition) is 1. The number of carbonyl (C=O) groups excluding carboxylic acids is 1. The standard InChI is InChI=1S/C16H19BrN2O2/c1-16(2,3)10-18-15(21)9-19-7-6-14(20)12-8-11(17)4-5-13(12)19/h4-8H,9-10H2,1-3H3,(H,18,21). The Morgan fingerprint density at radius 2 is 2.00 bits per heavy atom. The molecule has 0 spiro atoms. The lowest BCUT2D eigenvalue weighted by atomic mass is 9.97. The van der Waals surface area contributed by atoms with Gasteiger partial charge in [-0.15, -0.1) is 0 Å². The zero-order valence-electron chi connectivity index (χ0n) is 12.4. The molecule has 112 valence electrons. The maximum Gasteiger partial charge on any atom is 0.239 e. The summed E-state index contributed by atoms with van der Waals surface area (Å²) >= 11 is 3.36. The van der Waals surface area contributed by atoms with E-state index in [0.717, 1.165) is 9.99 Å². The number of halogens is 1. The largest absolute Gasteiger partial charge is 0.354 e. The van der Waals surface area contributed by atoms with Gasteiger partial charge in [-0.2, -0.15) is 0 Å². The second-order valence-corrected chi connectivity index (χ2v) is 7.22. The van der Waals surface area contributed by atoms with Crippen LogP contribution in [0.3, 0.4) is 0 Å². The van der Waals surface area contributed by atoms with Gasteiger partial charge in [-0.1, -0.05) is 36.7 Å². The number of carbonyl (C=O) groups is 1. The summed E-state index contributed by atoms with van der Waals surface area (Å²) in [5.74, 6) is -0.0576. The first-order valence-electron chi connectivity index (χ1n) is 6.82. The van der Waals surface area contributed by atoms with Crippen molar-refractivity contribution in [1.29, 1.82) is 0 Å². The third kappa shape index (κ3) is 4.17. The molecular weight excluding hydrogens is 332 g/mol. The summed E-state index contributed by atoms with van der Waals surface area (Å²) < 4.78 is 2.64. The van der Waals surface area contributed by atoms with Crippen LogP contribution in [0.5, 0.6) is 0 Å². The molecule has 0 bridgehead atoms. The monoisotopic (exact) mass is 350 g/mol. The summed E-state index contributed by atoms with van der Waals surface area (Å²) in [5.41, 5.74) is 0.765. The van der Waals surface area contributed by atoms with E-state index in [1.165, 1.54) is 6.07 Å². The van der Waals surface area contributed by atoms with E-state index in [4.69, 9.17) is 0 Å². The maximum absolute atomic E-state index is 12.0. The minimum absolute atomic E-state index is 0.0438. The summed E-state index contributed by atoms with van der Waals surface area (Å²) in [6, 6.07) is 6.98. The van der Waals surface area contributed by atoms with E-state index in [-0.39, 0.29) is 23.3 Å². The Morgan fingerprint density at radius 3 is 2.67 bits per heavy atom. The molecule has 4 nitrogen and oxygen atoms in total. The summed E-state index contributed by atoms with van der Waals surface area (Å²) in [7, 11) is 0. The normalized spacial score (nSPS) is 11.6. The fraction of sp³-hybridized carbons (Fsp3) is 0.375. The fourth-order valence-corrected chi connectivity index (χ4v) is 2.36. The molecule has 0 radical (unpaired) electrons. The van der Waals surface area contributed by atoms with Gasteiger partial charge >= 0.3 is 0 Å². The molecule has 2 rings (SSSR count). The van der Waals surface area contributed by atoms with Crippen molar-refractivity contribution < 1.29 is 4.79 Å². The number of fused-ring (bicyclic) bond motifs is 1. The maximum atomic E-state index is 12.0. The third-order valence-electron chi connectivity index (χ3n) is 3.07. The lowest BCUT2D eigenvalue weighted by Crippen LogP contribution is -2.34. The first-order chi connectivity index (χ1) is 9.76. The molecule has 1 N–H and O–H groups in total. The highest BCUT2D eigenvalue weighted by atomic mass is 79.9. The summed E-state index contributed by atoms with van der Waals surface area (Å²) in [6.07, 6.45) is 1.66. The molecule has 1 amide bonds. The SMILES string of the molecule is CC(C)(C)CNC(=O)Cn1ccc(=O)c2cc(Br)ccc21. The van der Waals surface area contributed by atoms with E-state index >= 15 is 0 Å². The van der Waals surface area contributed by atoms with Crippen molar-refractivity contribution >= 4 is 32.7 Å². The van der Waals surface area contributed by atoms with Crippen LogP contribution in [-0.2, 0) is 11.3 Å². The molecule has 0 aliphatic heterocycles. The van der Waals surface area contributed by atoms with E-state index in [2.05, 4.69) is 42.0 Å². The van der Waals surface area contributed by atoms with Crippen molar-refractivity contribution in [2.75, 3.05) is 6.54 Å². The molecule has 5 heteroatoms. The number of hydrogen-bond acceptors (Lipinski definition) is 2. The van der Waals surface area contributed by atoms with Gasteiger partial charge in [0, 0.05) is 28.7 Å². The van der Waals surface area contributed by atoms with Crippen molar-refractivity contribution in [2.45, 2.75) is 27.3 Å². The highest BCUT2D eigenvalue weighted by molar-refractivity contribution is 9.10. The molecule has 1 heterocycles. The first kappa shape index (κ1) is 15.8. The van der Waals surface area contributed by atoms with Crippen molar-refractivity contribution in [3.05, 3.63) is 45.2 Å². The minimum atomic E-state index is -0.0576. The van der Waals surface area contributed by atoms with Gasteiger partial charge in [-0.05, 0) is 23.6 Å². The highest BCUT2D eigenvalue weighted by Gasteiger charge is 2.13. The molecule has 0 atom stereocenters. The van der Waals surface area contributed by atoms with Crippen LogP contribution in [0.2, 0.25) is 0 Å². The molecule has 0 unspecified atom stereocenters. The number of pyridine rings is 1. The van der Waals surface area contributed by atoms with Gasteiger partial charge in [0.2, 0.25) is 5.91 Å². The van der Waals surface area contributed by atoms with E-state index < -0.39 is 0 Å². The molecule has 0 aliphatic rings. The average Bonchev–Trinajstić information content (AvgIpc) is 2.39. The van der Waals surface area contributed by atoms with Crippen LogP contribution in [-0.4, -0.2) is 17.0 Å². The number of nitrogens with one attached hydrogen (secondary N) is 1. The van der Waals surface area contributed by atoms with Gasteiger partial charge in [0.1, 0.15) is 6.54 Å². The molecule has 0 saturated carbocycles. The van der Waals surface area contributed by atoms with E-state index in [9.17, 15) is 9.59 Å². The van der Waals surface area contributed by atoms with Crippen LogP contribution in [0, 0.1) is 5.41 Å². The average molecular weight is 351 g/mol. The van der Waals surface area contributed by atoms with E-state index in [1.54, 1.807) is 16.8 Å². The smallest absolute Gasteiger partial charge is 0.239 e. The molecule has 0 aliphatic carbocycles. The number of amides is 1. The van der Waals surface area contributed by atoms with Gasteiger partial charge in [-0.3, -0.25) is 9.59 Å². The lowest BCUT2D eigenvalue weighted by molar-refractivity contribution is -0.122. The Bertz CT molecular complexity index is 729. The number of benzene rings is 1. The predicted octanol–water partition coefficient (Wildman–Crippen LogP) is 2.93. The van der Waals surface area contributed by atoms with Crippen molar-refractivity contribution in [3.63, 3.8) is 0 Å². The van der Waals surface area contributed by atoms with Crippen LogP contribution >= 0.6 is 15.9 Å². The Morgan fingerprint density at radius 1 is 1.29 bits per heavy atom. The predicted molar refractivity (Wildman–Crippen MR) is 88.4 cm³/mol. The number of nitrogens with zero attached hydrogens (tertiary/aromatic N) is 1. The van der Waals surface area contributed by atoms with Gasteiger partial charge in [0.15, 0.2) is 5.43 Å². The van der Waals surface area contributed by atoms with Crippen LogP contribution < -0.4 is 10.7 Å². The zero-order chi connectivity index (χ0) is 15.6. The zero-order valence-corrected chi connectivity index (χ0v) is 14.0. The lowest BCUT2D eigenvalue weighted by Gasteiger charge is -2.19. The second kappa shape index (κ2) is 6.02. The summed E-state index contributed by atoms with van der Waals surface area (Å²) in [4.78, 5) is 23.9. The second-order valence-electron chi connectivity index (χ2n) is 6.31. The van der Waals surface area contributed by atoms with Gasteiger partial charge < -0.3 is 9.88 Å². The van der Waals surface area contributed by atoms with Gasteiger partial charge in [-0.25, -0.2) is 0 Å². The Balaban J connectivity index is 2.25. The van der Waals surface area contributed by atoms with Crippen LogP contribution in [0.25, 0.3) is 10.9 Å². The van der Waals surface area contributed by atoms with Crippen molar-refractivity contribution in [2.24, 2.45) is 5.41 Å². The minimum Gasteiger partial charge on any atom is -0.354 e. The number of rotatable bonds is 3. The first-order valence-corrected chi connectivity index (χ1v) is 7.61. The Hall–Kier alpha value is -1.62. The van der Waals surface area contributed by atoms with Crippen LogP contribution in [0.4, 0.5) is 0 Å². The summed E-state index contributed by atoms with van der Waals surface area (Å²) in [6.45, 7) is 7.03. The molecular formula is C16H19BrN2O2. The Labute approximate surface area is 132 Å². The topological polar surface area (TPSA) is 51.1 Å². The highest BCUT2D eigenvalue weighted by Crippen LogP contribution is 2.17. The summed E-state index contributed by atoms with van der Waals surface area (Å²) in [5, 5.41) is 3.52. The fourth-order valence-electron chi connectivity index (χ4n) is 2.00. The van der Waals surface area contributed by atoms with Crippen LogP contribution in [0.15, 0.2) is 39.7 Å². The van der Waals surface area contributed by atoms with Gasteiger partial charge in [0.05, 0.1) is 5.52 Å². The molecule has 1 aromatic heterocycles. The quantitative estimate of drug-likeness (QED) is 0.925. The van der Waals surface area contributed by atoms with E-state index in [0.29, 0.717) is 11.9 Å². The molecule has 0 fully saturated rings. The van der Waals surface area contributed by atoms with E-state index in [1.807, 2.05) is 12.1 Å². The van der Waals surface area contributed by atoms with Gasteiger partial charge in [0.25, 0.3) is 0 Å². The molecule has 1 aromatic carbocycles. The van der Waals surface area contributed by atoms with Crippen molar-refractivity contribution in [1.82, 2.24) is 9.88 Å².